The van der Waals surface area contributed by atoms with Gasteiger partial charge in [0.1, 0.15) is 0 Å². The topological polar surface area (TPSA) is 40.6 Å². The Labute approximate surface area is 139 Å². The minimum Gasteiger partial charge on any atom is -0.342 e. The molecule has 0 aliphatic carbocycles. The molecule has 0 spiro atoms. The van der Waals surface area contributed by atoms with E-state index in [1.807, 2.05) is 36.1 Å². The highest BCUT2D eigenvalue weighted by molar-refractivity contribution is 5.78. The maximum Gasteiger partial charge on any atom is 0.224 e. The summed E-state index contributed by atoms with van der Waals surface area (Å²) in [4.78, 5) is 28.0. The molecule has 0 saturated carbocycles. The average Bonchev–Trinajstić information content (AvgIpc) is 2.52. The minimum atomic E-state index is 0.0214. The minimum absolute atomic E-state index is 0.0214. The largest absolute Gasteiger partial charge is 0.342 e. The second-order valence-corrected chi connectivity index (χ2v) is 6.70. The standard InChI is InChI=1S/C19H28N2O2/c1-15-7-6-11-21(13-15)19(23)10-12-20(17(3)22)14-18-9-5-4-8-16(18)2/h4-5,8-9,15H,6-7,10-14H2,1-3H3. The first-order chi connectivity index (χ1) is 11.0. The van der Waals surface area contributed by atoms with Crippen molar-refractivity contribution < 1.29 is 9.59 Å². The molecular formula is C19H28N2O2. The van der Waals surface area contributed by atoms with Crippen molar-refractivity contribution in [2.45, 2.75) is 46.6 Å². The van der Waals surface area contributed by atoms with Gasteiger partial charge in [0.15, 0.2) is 0 Å². The number of carbonyl (C=O) groups excluding carboxylic acids is 2. The summed E-state index contributed by atoms with van der Waals surface area (Å²) in [5.74, 6) is 0.782. The van der Waals surface area contributed by atoms with Crippen LogP contribution in [0.25, 0.3) is 0 Å². The van der Waals surface area contributed by atoms with E-state index in [0.29, 0.717) is 25.4 Å². The van der Waals surface area contributed by atoms with Crippen molar-refractivity contribution in [2.75, 3.05) is 19.6 Å². The Morgan fingerprint density at radius 2 is 2.04 bits per heavy atom. The predicted molar refractivity (Wildman–Crippen MR) is 91.9 cm³/mol. The average molecular weight is 316 g/mol. The van der Waals surface area contributed by atoms with Gasteiger partial charge in [0.05, 0.1) is 0 Å². The summed E-state index contributed by atoms with van der Waals surface area (Å²) in [6.07, 6.45) is 2.71. The number of nitrogens with zero attached hydrogens (tertiary/aromatic N) is 2. The second kappa shape index (κ2) is 8.14. The fraction of sp³-hybridized carbons (Fsp3) is 0.579. The van der Waals surface area contributed by atoms with Crippen LogP contribution < -0.4 is 0 Å². The summed E-state index contributed by atoms with van der Waals surface area (Å²) in [7, 11) is 0. The van der Waals surface area contributed by atoms with Crippen molar-refractivity contribution in [3.8, 4) is 0 Å². The van der Waals surface area contributed by atoms with Crippen LogP contribution >= 0.6 is 0 Å². The van der Waals surface area contributed by atoms with Gasteiger partial charge in [0.2, 0.25) is 11.8 Å². The van der Waals surface area contributed by atoms with Crippen LogP contribution in [0, 0.1) is 12.8 Å². The van der Waals surface area contributed by atoms with E-state index in [2.05, 4.69) is 6.92 Å². The van der Waals surface area contributed by atoms with E-state index in [1.165, 1.54) is 12.0 Å². The van der Waals surface area contributed by atoms with Crippen LogP contribution in [-0.2, 0) is 16.1 Å². The summed E-state index contributed by atoms with van der Waals surface area (Å²) in [5, 5.41) is 0. The van der Waals surface area contributed by atoms with E-state index in [0.717, 1.165) is 25.1 Å². The van der Waals surface area contributed by atoms with Gasteiger partial charge in [0, 0.05) is 39.5 Å². The SMILES string of the molecule is CC(=O)N(CCC(=O)N1CCCC(C)C1)Cc1ccccc1C. The number of amides is 2. The first kappa shape index (κ1) is 17.5. The zero-order valence-electron chi connectivity index (χ0n) is 14.5. The lowest BCUT2D eigenvalue weighted by Gasteiger charge is -2.31. The number of benzene rings is 1. The second-order valence-electron chi connectivity index (χ2n) is 6.70. The molecule has 1 saturated heterocycles. The van der Waals surface area contributed by atoms with Crippen LogP contribution in [0.2, 0.25) is 0 Å². The first-order valence-electron chi connectivity index (χ1n) is 8.55. The molecule has 4 nitrogen and oxygen atoms in total. The number of carbonyl (C=O) groups is 2. The van der Waals surface area contributed by atoms with Crippen LogP contribution in [0.4, 0.5) is 0 Å². The van der Waals surface area contributed by atoms with Crippen molar-refractivity contribution in [3.05, 3.63) is 35.4 Å². The van der Waals surface area contributed by atoms with E-state index in [-0.39, 0.29) is 11.8 Å². The number of aryl methyl sites for hydroxylation is 1. The highest BCUT2D eigenvalue weighted by Gasteiger charge is 2.21. The molecular weight excluding hydrogens is 288 g/mol. The molecule has 1 aromatic rings. The number of hydrogen-bond acceptors (Lipinski definition) is 2. The molecule has 1 aromatic carbocycles. The lowest BCUT2D eigenvalue weighted by molar-refractivity contribution is -0.135. The van der Waals surface area contributed by atoms with Crippen LogP contribution in [0.15, 0.2) is 24.3 Å². The Bertz CT molecular complexity index is 556. The van der Waals surface area contributed by atoms with Gasteiger partial charge in [-0.25, -0.2) is 0 Å². The van der Waals surface area contributed by atoms with Crippen molar-refractivity contribution in [1.82, 2.24) is 9.80 Å². The maximum atomic E-state index is 12.4. The third kappa shape index (κ3) is 5.08. The van der Waals surface area contributed by atoms with Gasteiger partial charge in [-0.1, -0.05) is 31.2 Å². The molecule has 1 aliphatic heterocycles. The summed E-state index contributed by atoms with van der Waals surface area (Å²) >= 11 is 0. The zero-order chi connectivity index (χ0) is 16.8. The number of piperidine rings is 1. The Morgan fingerprint density at radius 3 is 2.70 bits per heavy atom. The van der Waals surface area contributed by atoms with Crippen molar-refractivity contribution in [2.24, 2.45) is 5.92 Å². The summed E-state index contributed by atoms with van der Waals surface area (Å²) in [6.45, 7) is 8.61. The smallest absolute Gasteiger partial charge is 0.224 e. The normalized spacial score (nSPS) is 17.9. The zero-order valence-corrected chi connectivity index (χ0v) is 14.5. The Kier molecular flexibility index (Phi) is 6.20. The molecule has 0 bridgehead atoms. The number of rotatable bonds is 5. The van der Waals surface area contributed by atoms with E-state index in [1.54, 1.807) is 11.8 Å². The molecule has 1 fully saturated rings. The van der Waals surface area contributed by atoms with Gasteiger partial charge in [-0.05, 0) is 36.8 Å². The molecule has 4 heteroatoms. The van der Waals surface area contributed by atoms with Gasteiger partial charge in [-0.2, -0.15) is 0 Å². The molecule has 23 heavy (non-hydrogen) atoms. The Hall–Kier alpha value is -1.84. The maximum absolute atomic E-state index is 12.4. The molecule has 2 rings (SSSR count). The summed E-state index contributed by atoms with van der Waals surface area (Å²) < 4.78 is 0. The van der Waals surface area contributed by atoms with Crippen molar-refractivity contribution in [1.29, 1.82) is 0 Å². The fourth-order valence-electron chi connectivity index (χ4n) is 3.15. The predicted octanol–water partition coefficient (Wildman–Crippen LogP) is 2.99. The van der Waals surface area contributed by atoms with Crippen molar-refractivity contribution in [3.63, 3.8) is 0 Å². The van der Waals surface area contributed by atoms with Crippen molar-refractivity contribution >= 4 is 11.8 Å². The van der Waals surface area contributed by atoms with Gasteiger partial charge in [0.25, 0.3) is 0 Å². The van der Waals surface area contributed by atoms with E-state index < -0.39 is 0 Å². The van der Waals surface area contributed by atoms with E-state index in [4.69, 9.17) is 0 Å². The molecule has 0 radical (unpaired) electrons. The molecule has 0 N–H and O–H groups in total. The monoisotopic (exact) mass is 316 g/mol. The van der Waals surface area contributed by atoms with E-state index >= 15 is 0 Å². The van der Waals surface area contributed by atoms with Gasteiger partial charge in [-0.3, -0.25) is 9.59 Å². The summed E-state index contributed by atoms with van der Waals surface area (Å²) in [5.41, 5.74) is 2.32. The quantitative estimate of drug-likeness (QED) is 0.838. The Balaban J connectivity index is 1.91. The molecule has 1 unspecified atom stereocenters. The lowest BCUT2D eigenvalue weighted by Crippen LogP contribution is -2.41. The third-order valence-corrected chi connectivity index (χ3v) is 4.67. The van der Waals surface area contributed by atoms with Crippen LogP contribution in [0.5, 0.6) is 0 Å². The van der Waals surface area contributed by atoms with Crippen LogP contribution in [0.1, 0.15) is 44.2 Å². The van der Waals surface area contributed by atoms with Gasteiger partial charge >= 0.3 is 0 Å². The Morgan fingerprint density at radius 1 is 1.30 bits per heavy atom. The molecule has 0 aromatic heterocycles. The van der Waals surface area contributed by atoms with Gasteiger partial charge < -0.3 is 9.80 Å². The fourth-order valence-corrected chi connectivity index (χ4v) is 3.15. The van der Waals surface area contributed by atoms with Gasteiger partial charge in [-0.15, -0.1) is 0 Å². The highest BCUT2D eigenvalue weighted by atomic mass is 16.2. The molecule has 1 heterocycles. The summed E-state index contributed by atoms with van der Waals surface area (Å²) in [6, 6.07) is 8.08. The molecule has 2 amide bonds. The van der Waals surface area contributed by atoms with E-state index in [9.17, 15) is 9.59 Å². The number of likely N-dealkylation sites (tertiary alicyclic amines) is 1. The third-order valence-electron chi connectivity index (χ3n) is 4.67. The molecule has 1 atom stereocenters. The number of hydrogen-bond donors (Lipinski definition) is 0. The highest BCUT2D eigenvalue weighted by Crippen LogP contribution is 2.17. The molecule has 1 aliphatic rings. The lowest BCUT2D eigenvalue weighted by atomic mass is 10.00. The van der Waals surface area contributed by atoms with Crippen LogP contribution in [-0.4, -0.2) is 41.2 Å². The van der Waals surface area contributed by atoms with Crippen LogP contribution in [0.3, 0.4) is 0 Å². The molecule has 126 valence electrons. The first-order valence-corrected chi connectivity index (χ1v) is 8.55.